The maximum absolute atomic E-state index is 13.1. The van der Waals surface area contributed by atoms with Crippen molar-refractivity contribution in [2.75, 3.05) is 20.1 Å². The van der Waals surface area contributed by atoms with Crippen molar-refractivity contribution in [3.05, 3.63) is 0 Å². The Balaban J connectivity index is 2.89. The van der Waals surface area contributed by atoms with Gasteiger partial charge in [0.25, 0.3) is 0 Å². The number of nitrogens with zero attached hydrogens (tertiary/aromatic N) is 1. The van der Waals surface area contributed by atoms with Crippen molar-refractivity contribution >= 4 is 5.97 Å². The lowest BCUT2D eigenvalue weighted by molar-refractivity contribution is -0.173. The summed E-state index contributed by atoms with van der Waals surface area (Å²) in [5, 5.41) is 0. The van der Waals surface area contributed by atoms with Crippen LogP contribution >= 0.6 is 0 Å². The van der Waals surface area contributed by atoms with Crippen LogP contribution in [0.3, 0.4) is 0 Å². The number of rotatable bonds is 5. The Morgan fingerprint density at radius 1 is 1.09 bits per heavy atom. The molecule has 1 unspecified atom stereocenters. The summed E-state index contributed by atoms with van der Waals surface area (Å²) in [4.78, 5) is 15.4. The standard InChI is InChI=1S/C19H37NO2/c1-9-18(5,6)19(7,14-17(2,3)4)16(21)22-15-10-12-20(8)13-11-15/h15H,9-14H2,1-8H3. The van der Waals surface area contributed by atoms with Gasteiger partial charge in [-0.3, -0.25) is 4.79 Å². The summed E-state index contributed by atoms with van der Waals surface area (Å²) >= 11 is 0. The molecule has 1 aliphatic heterocycles. The fraction of sp³-hybridized carbons (Fsp3) is 0.947. The van der Waals surface area contributed by atoms with E-state index in [0.29, 0.717) is 0 Å². The maximum atomic E-state index is 13.1. The van der Waals surface area contributed by atoms with E-state index in [0.717, 1.165) is 38.8 Å². The zero-order valence-electron chi connectivity index (χ0n) is 16.1. The van der Waals surface area contributed by atoms with E-state index in [1.807, 2.05) is 0 Å². The van der Waals surface area contributed by atoms with Gasteiger partial charge in [0.2, 0.25) is 0 Å². The molecule has 1 rings (SSSR count). The molecule has 0 bridgehead atoms. The number of piperidine rings is 1. The first-order valence-electron chi connectivity index (χ1n) is 8.81. The Labute approximate surface area is 137 Å². The quantitative estimate of drug-likeness (QED) is 0.700. The predicted molar refractivity (Wildman–Crippen MR) is 92.9 cm³/mol. The number of carbonyl (C=O) groups is 1. The molecule has 3 nitrogen and oxygen atoms in total. The summed E-state index contributed by atoms with van der Waals surface area (Å²) in [6.45, 7) is 17.3. The lowest BCUT2D eigenvalue weighted by Crippen LogP contribution is -2.47. The van der Waals surface area contributed by atoms with Crippen LogP contribution in [0.5, 0.6) is 0 Å². The van der Waals surface area contributed by atoms with E-state index in [4.69, 9.17) is 4.74 Å². The van der Waals surface area contributed by atoms with Crippen LogP contribution in [-0.4, -0.2) is 37.1 Å². The highest BCUT2D eigenvalue weighted by molar-refractivity contribution is 5.77. The SMILES string of the molecule is CCC(C)(C)C(C)(CC(C)(C)C)C(=O)OC1CCN(C)CC1. The lowest BCUT2D eigenvalue weighted by atomic mass is 9.59. The molecule has 22 heavy (non-hydrogen) atoms. The molecule has 1 atom stereocenters. The van der Waals surface area contributed by atoms with E-state index in [-0.39, 0.29) is 22.9 Å². The fourth-order valence-electron chi connectivity index (χ4n) is 3.42. The van der Waals surface area contributed by atoms with Crippen molar-refractivity contribution in [2.45, 2.75) is 80.3 Å². The normalized spacial score (nSPS) is 21.5. The Bertz CT molecular complexity index is 375. The zero-order chi connectivity index (χ0) is 17.2. The van der Waals surface area contributed by atoms with Gasteiger partial charge in [-0.05, 0) is 50.5 Å². The predicted octanol–water partition coefficient (Wildman–Crippen LogP) is 4.50. The van der Waals surface area contributed by atoms with E-state index in [1.54, 1.807) is 0 Å². The van der Waals surface area contributed by atoms with Gasteiger partial charge in [-0.1, -0.05) is 41.5 Å². The van der Waals surface area contributed by atoms with E-state index < -0.39 is 5.41 Å². The molecule has 0 aromatic rings. The van der Waals surface area contributed by atoms with Gasteiger partial charge in [0.15, 0.2) is 0 Å². The van der Waals surface area contributed by atoms with Gasteiger partial charge in [-0.25, -0.2) is 0 Å². The van der Waals surface area contributed by atoms with Crippen LogP contribution in [0.4, 0.5) is 0 Å². The van der Waals surface area contributed by atoms with Gasteiger partial charge in [-0.2, -0.15) is 0 Å². The van der Waals surface area contributed by atoms with E-state index >= 15 is 0 Å². The second-order valence-electron chi connectivity index (χ2n) is 9.21. The summed E-state index contributed by atoms with van der Waals surface area (Å²) in [6.07, 6.45) is 3.84. The average molecular weight is 312 g/mol. The molecular formula is C19H37NO2. The molecule has 0 saturated carbocycles. The highest BCUT2D eigenvalue weighted by Gasteiger charge is 2.49. The van der Waals surface area contributed by atoms with Crippen LogP contribution in [0.1, 0.15) is 74.1 Å². The number of esters is 1. The molecule has 0 aliphatic carbocycles. The van der Waals surface area contributed by atoms with Gasteiger partial charge in [-0.15, -0.1) is 0 Å². The molecule has 0 aromatic carbocycles. The van der Waals surface area contributed by atoms with Crippen LogP contribution in [-0.2, 0) is 9.53 Å². The van der Waals surface area contributed by atoms with Crippen molar-refractivity contribution < 1.29 is 9.53 Å². The van der Waals surface area contributed by atoms with Crippen molar-refractivity contribution in [2.24, 2.45) is 16.2 Å². The third-order valence-electron chi connectivity index (χ3n) is 5.65. The van der Waals surface area contributed by atoms with E-state index in [1.165, 1.54) is 0 Å². The molecule has 3 heteroatoms. The van der Waals surface area contributed by atoms with Crippen molar-refractivity contribution in [3.8, 4) is 0 Å². The van der Waals surface area contributed by atoms with Gasteiger partial charge in [0, 0.05) is 13.1 Å². The molecule has 1 fully saturated rings. The zero-order valence-corrected chi connectivity index (χ0v) is 16.1. The van der Waals surface area contributed by atoms with E-state index in [9.17, 15) is 4.79 Å². The minimum absolute atomic E-state index is 0.00354. The Morgan fingerprint density at radius 2 is 1.59 bits per heavy atom. The summed E-state index contributed by atoms with van der Waals surface area (Å²) in [5.74, 6) is 0.00354. The first kappa shape index (κ1) is 19.5. The second kappa shape index (κ2) is 6.90. The summed E-state index contributed by atoms with van der Waals surface area (Å²) in [7, 11) is 2.13. The number of hydrogen-bond acceptors (Lipinski definition) is 3. The molecule has 0 spiro atoms. The molecule has 0 amide bonds. The van der Waals surface area contributed by atoms with E-state index in [2.05, 4.69) is 60.4 Å². The van der Waals surface area contributed by atoms with Gasteiger partial charge >= 0.3 is 5.97 Å². The van der Waals surface area contributed by atoms with Crippen LogP contribution in [0.25, 0.3) is 0 Å². The van der Waals surface area contributed by atoms with Gasteiger partial charge in [0.1, 0.15) is 6.10 Å². The highest BCUT2D eigenvalue weighted by atomic mass is 16.5. The first-order valence-corrected chi connectivity index (χ1v) is 8.81. The summed E-state index contributed by atoms with van der Waals surface area (Å²) < 4.78 is 5.97. The smallest absolute Gasteiger partial charge is 0.312 e. The Morgan fingerprint density at radius 3 is 2.00 bits per heavy atom. The molecule has 0 aromatic heterocycles. The van der Waals surface area contributed by atoms with Crippen molar-refractivity contribution in [1.29, 1.82) is 0 Å². The number of hydrogen-bond donors (Lipinski definition) is 0. The minimum Gasteiger partial charge on any atom is -0.462 e. The summed E-state index contributed by atoms with van der Waals surface area (Å²) in [5.41, 5.74) is -0.404. The topological polar surface area (TPSA) is 29.5 Å². The second-order valence-corrected chi connectivity index (χ2v) is 9.21. The van der Waals surface area contributed by atoms with Crippen LogP contribution in [0.2, 0.25) is 0 Å². The highest BCUT2D eigenvalue weighted by Crippen LogP contribution is 2.49. The number of carbonyl (C=O) groups excluding carboxylic acids is 1. The third kappa shape index (κ3) is 4.71. The van der Waals surface area contributed by atoms with Crippen molar-refractivity contribution in [1.82, 2.24) is 4.90 Å². The molecule has 0 radical (unpaired) electrons. The lowest BCUT2D eigenvalue weighted by Gasteiger charge is -2.46. The molecular weight excluding hydrogens is 274 g/mol. The van der Waals surface area contributed by atoms with Crippen LogP contribution in [0.15, 0.2) is 0 Å². The molecule has 130 valence electrons. The Hall–Kier alpha value is -0.570. The molecule has 1 aliphatic rings. The average Bonchev–Trinajstić information content (AvgIpc) is 2.39. The van der Waals surface area contributed by atoms with Crippen LogP contribution < -0.4 is 0 Å². The maximum Gasteiger partial charge on any atom is 0.312 e. The monoisotopic (exact) mass is 311 g/mol. The van der Waals surface area contributed by atoms with Gasteiger partial charge in [0.05, 0.1) is 5.41 Å². The first-order chi connectivity index (χ1) is 9.91. The number of likely N-dealkylation sites (tertiary alicyclic amines) is 1. The number of ether oxygens (including phenoxy) is 1. The fourth-order valence-corrected chi connectivity index (χ4v) is 3.42. The molecule has 0 N–H and O–H groups in total. The van der Waals surface area contributed by atoms with Crippen molar-refractivity contribution in [3.63, 3.8) is 0 Å². The molecule has 1 heterocycles. The summed E-state index contributed by atoms with van der Waals surface area (Å²) in [6, 6.07) is 0. The Kier molecular flexibility index (Phi) is 6.11. The molecule has 1 saturated heterocycles. The largest absolute Gasteiger partial charge is 0.462 e. The minimum atomic E-state index is -0.441. The van der Waals surface area contributed by atoms with Gasteiger partial charge < -0.3 is 9.64 Å². The third-order valence-corrected chi connectivity index (χ3v) is 5.65. The van der Waals surface area contributed by atoms with Crippen LogP contribution in [0, 0.1) is 16.2 Å².